The third-order valence-electron chi connectivity index (χ3n) is 3.18. The topological polar surface area (TPSA) is 87.2 Å². The molecule has 0 unspecified atom stereocenters. The summed E-state index contributed by atoms with van der Waals surface area (Å²) in [6.45, 7) is 0.557. The minimum absolute atomic E-state index is 0. The summed E-state index contributed by atoms with van der Waals surface area (Å²) < 4.78 is 12.8. The quantitative estimate of drug-likeness (QED) is 0.500. The van der Waals surface area contributed by atoms with Gasteiger partial charge in [-0.05, 0) is 47.9 Å². The Balaban J connectivity index is 0.00000225. The van der Waals surface area contributed by atoms with Gasteiger partial charge in [0.05, 0.1) is 5.69 Å². The van der Waals surface area contributed by atoms with E-state index in [1.807, 2.05) is 30.3 Å². The van der Waals surface area contributed by atoms with E-state index in [1.165, 1.54) is 12.1 Å². The second-order valence-electron chi connectivity index (χ2n) is 4.95. The van der Waals surface area contributed by atoms with Gasteiger partial charge >= 0.3 is 51.4 Å². The van der Waals surface area contributed by atoms with Gasteiger partial charge < -0.3 is 20.9 Å². The Hall–Kier alpha value is -1.71. The van der Waals surface area contributed by atoms with Crippen molar-refractivity contribution in [3.63, 3.8) is 0 Å². The van der Waals surface area contributed by atoms with Gasteiger partial charge in [0.25, 0.3) is 0 Å². The number of nitrogens with one attached hydrogen (secondary N) is 1. The van der Waals surface area contributed by atoms with Crippen molar-refractivity contribution in [1.82, 2.24) is 9.97 Å². The van der Waals surface area contributed by atoms with Gasteiger partial charge in [0.15, 0.2) is 0 Å². The molecule has 0 amide bonds. The zero-order valence-corrected chi connectivity index (χ0v) is 16.8. The van der Waals surface area contributed by atoms with E-state index in [0.717, 1.165) is 17.4 Å². The number of nitrogens with two attached hydrogens (primary N) is 1. The molecular formula is C17H15FKN5O. The van der Waals surface area contributed by atoms with Crippen LogP contribution in [0.5, 0.6) is 5.75 Å². The molecule has 0 atom stereocenters. The normalized spacial score (nSPS) is 9.80. The van der Waals surface area contributed by atoms with Crippen LogP contribution in [-0.2, 0) is 6.54 Å². The van der Waals surface area contributed by atoms with E-state index >= 15 is 0 Å². The van der Waals surface area contributed by atoms with E-state index < -0.39 is 5.82 Å². The van der Waals surface area contributed by atoms with Crippen molar-refractivity contribution in [3.05, 3.63) is 77.8 Å². The molecule has 2 aromatic heterocycles. The standard InChI is InChI=1S/C17H15FN5O.K/c18-13-6-7-16(22-11-13)23-24-14-4-1-3-12(9-14)10-21-15-5-2-8-20-17(15)19;/h1-9,11,21H,10H2,(H2-,19,20,22,23);/q-1;+1. The first-order valence-corrected chi connectivity index (χ1v) is 7.23. The van der Waals surface area contributed by atoms with Crippen LogP contribution >= 0.6 is 0 Å². The van der Waals surface area contributed by atoms with Gasteiger partial charge in [0.2, 0.25) is 0 Å². The minimum atomic E-state index is -0.420. The molecule has 0 bridgehead atoms. The smallest absolute Gasteiger partial charge is 0.456 e. The Kier molecular flexibility index (Phi) is 7.60. The van der Waals surface area contributed by atoms with E-state index in [-0.39, 0.29) is 51.4 Å². The Bertz CT molecular complexity index is 816. The molecule has 0 spiro atoms. The molecule has 25 heavy (non-hydrogen) atoms. The first kappa shape index (κ1) is 19.6. The number of anilines is 2. The molecule has 3 N–H and O–H groups in total. The van der Waals surface area contributed by atoms with Crippen molar-refractivity contribution in [2.24, 2.45) is 0 Å². The molecular weight excluding hydrogens is 348 g/mol. The van der Waals surface area contributed by atoms with Crippen LogP contribution < -0.4 is 67.3 Å². The third-order valence-corrected chi connectivity index (χ3v) is 3.18. The van der Waals surface area contributed by atoms with Crippen LogP contribution in [0.2, 0.25) is 0 Å². The van der Waals surface area contributed by atoms with E-state index in [9.17, 15) is 4.39 Å². The predicted octanol–water partition coefficient (Wildman–Crippen LogP) is 0.813. The summed E-state index contributed by atoms with van der Waals surface area (Å²) in [6.07, 6.45) is 2.72. The number of benzene rings is 1. The number of nitrogen functional groups attached to an aromatic ring is 1. The first-order chi connectivity index (χ1) is 11.7. The van der Waals surface area contributed by atoms with Crippen molar-refractivity contribution >= 4 is 17.3 Å². The monoisotopic (exact) mass is 363 g/mol. The Morgan fingerprint density at radius 1 is 1.12 bits per heavy atom. The Morgan fingerprint density at radius 2 is 2.00 bits per heavy atom. The van der Waals surface area contributed by atoms with Gasteiger partial charge in [-0.2, -0.15) is 0 Å². The molecule has 8 heteroatoms. The van der Waals surface area contributed by atoms with E-state index in [4.69, 9.17) is 10.6 Å². The van der Waals surface area contributed by atoms with Gasteiger partial charge in [-0.3, -0.25) is 5.48 Å². The number of hydrogen-bond donors (Lipinski definition) is 2. The maximum atomic E-state index is 12.8. The molecule has 0 radical (unpaired) electrons. The average Bonchev–Trinajstić information content (AvgIpc) is 2.61. The fourth-order valence-corrected chi connectivity index (χ4v) is 2.00. The summed E-state index contributed by atoms with van der Waals surface area (Å²) in [5, 5.41) is 3.21. The number of rotatable bonds is 6. The maximum Gasteiger partial charge on any atom is 1.00 e. The summed E-state index contributed by atoms with van der Waals surface area (Å²) in [5.74, 6) is 0.877. The molecule has 0 saturated heterocycles. The van der Waals surface area contributed by atoms with Gasteiger partial charge in [0.1, 0.15) is 17.4 Å². The van der Waals surface area contributed by atoms with Gasteiger partial charge in [0, 0.05) is 12.7 Å². The molecule has 0 aliphatic rings. The molecule has 2 heterocycles. The summed E-state index contributed by atoms with van der Waals surface area (Å²) in [5.41, 5.74) is 11.4. The van der Waals surface area contributed by atoms with Crippen LogP contribution in [0.3, 0.4) is 0 Å². The van der Waals surface area contributed by atoms with E-state index in [1.54, 1.807) is 12.3 Å². The summed E-state index contributed by atoms with van der Waals surface area (Å²) >= 11 is 0. The predicted molar refractivity (Wildman–Crippen MR) is 90.3 cm³/mol. The number of halogens is 1. The van der Waals surface area contributed by atoms with Gasteiger partial charge in [-0.1, -0.05) is 18.2 Å². The molecule has 1 aromatic carbocycles. The van der Waals surface area contributed by atoms with Gasteiger partial charge in [-0.15, -0.1) is 0 Å². The molecule has 3 aromatic rings. The van der Waals surface area contributed by atoms with Crippen molar-refractivity contribution in [2.45, 2.75) is 6.54 Å². The van der Waals surface area contributed by atoms with Crippen LogP contribution in [0.1, 0.15) is 5.56 Å². The van der Waals surface area contributed by atoms with E-state index in [0.29, 0.717) is 23.9 Å². The van der Waals surface area contributed by atoms with Crippen molar-refractivity contribution < 1.29 is 60.6 Å². The molecule has 0 fully saturated rings. The Morgan fingerprint density at radius 3 is 2.76 bits per heavy atom. The minimum Gasteiger partial charge on any atom is -0.456 e. The fraction of sp³-hybridized carbons (Fsp3) is 0.0588. The molecule has 6 nitrogen and oxygen atoms in total. The molecule has 3 rings (SSSR count). The summed E-state index contributed by atoms with van der Waals surface area (Å²) in [7, 11) is 0. The number of nitrogens with zero attached hydrogens (tertiary/aromatic N) is 3. The van der Waals surface area contributed by atoms with Crippen molar-refractivity contribution in [3.8, 4) is 5.75 Å². The second-order valence-corrected chi connectivity index (χ2v) is 4.95. The zero-order valence-electron chi connectivity index (χ0n) is 13.7. The van der Waals surface area contributed by atoms with Crippen LogP contribution in [0.25, 0.3) is 5.48 Å². The van der Waals surface area contributed by atoms with Crippen LogP contribution in [0, 0.1) is 5.82 Å². The van der Waals surface area contributed by atoms with Crippen LogP contribution in [0.4, 0.5) is 21.7 Å². The van der Waals surface area contributed by atoms with Crippen LogP contribution in [0.15, 0.2) is 60.9 Å². The SMILES string of the molecule is Nc1ncccc1NCc1cccc(O[N-]c2ccc(F)cn2)c1.[K+]. The van der Waals surface area contributed by atoms with Gasteiger partial charge in [-0.25, -0.2) is 9.37 Å². The third kappa shape index (κ3) is 5.94. The van der Waals surface area contributed by atoms with E-state index in [2.05, 4.69) is 20.8 Å². The molecule has 0 aliphatic heterocycles. The molecule has 122 valence electrons. The Labute approximate surface area is 187 Å². The number of pyridine rings is 2. The van der Waals surface area contributed by atoms with Crippen LogP contribution in [-0.4, -0.2) is 9.97 Å². The van der Waals surface area contributed by atoms with Crippen molar-refractivity contribution in [1.29, 1.82) is 0 Å². The molecule has 0 aliphatic carbocycles. The summed E-state index contributed by atoms with van der Waals surface area (Å²) in [4.78, 5) is 13.1. The first-order valence-electron chi connectivity index (χ1n) is 7.23. The number of hydrogen-bond acceptors (Lipinski definition) is 5. The second kappa shape index (κ2) is 9.69. The average molecular weight is 363 g/mol. The molecule has 0 saturated carbocycles. The largest absolute Gasteiger partial charge is 1.00 e. The zero-order chi connectivity index (χ0) is 16.8. The van der Waals surface area contributed by atoms with Crippen molar-refractivity contribution in [2.75, 3.05) is 11.1 Å². The maximum absolute atomic E-state index is 12.8. The number of aromatic nitrogens is 2. The fourth-order valence-electron chi connectivity index (χ4n) is 2.00. The summed E-state index contributed by atoms with van der Waals surface area (Å²) in [6, 6.07) is 13.8.